The van der Waals surface area contributed by atoms with Gasteiger partial charge in [0.1, 0.15) is 10.4 Å². The molecule has 0 aliphatic heterocycles. The first-order valence-corrected chi connectivity index (χ1v) is 10.6. The van der Waals surface area contributed by atoms with E-state index in [9.17, 15) is 14.8 Å². The Hall–Kier alpha value is -2.53. The molecule has 0 fully saturated rings. The molecule has 3 heterocycles. The minimum Gasteiger partial charge on any atom is -0.593 e. The van der Waals surface area contributed by atoms with Crippen molar-refractivity contribution in [2.45, 2.75) is 0 Å². The van der Waals surface area contributed by atoms with Crippen molar-refractivity contribution in [3.63, 3.8) is 0 Å². The fourth-order valence-corrected chi connectivity index (χ4v) is 5.41. The lowest BCUT2D eigenvalue weighted by Crippen LogP contribution is -2.26. The smallest absolute Gasteiger partial charge is 0.341 e. The molecule has 0 aliphatic rings. The van der Waals surface area contributed by atoms with Crippen molar-refractivity contribution in [1.29, 1.82) is 0 Å². The Labute approximate surface area is 175 Å². The van der Waals surface area contributed by atoms with Crippen LogP contribution in [0.4, 0.5) is 5.69 Å². The standard InChI is InChI=1S/C17H10ClN3O4S3/c1-25-16(23)13-10(7-26-14(13)8-2-4-9(18)5-3-8)19-15(22)12-6-11-17(27-12)28-20-21(11)24/h2-7H,1H3,(H,19,22). The van der Waals surface area contributed by atoms with Crippen molar-refractivity contribution in [3.05, 3.63) is 56.4 Å². The monoisotopic (exact) mass is 451 g/mol. The summed E-state index contributed by atoms with van der Waals surface area (Å²) in [6.45, 7) is 0. The number of fused-ring (bicyclic) bond motifs is 1. The van der Waals surface area contributed by atoms with Crippen LogP contribution in [0.5, 0.6) is 0 Å². The Morgan fingerprint density at radius 3 is 2.71 bits per heavy atom. The number of carbonyl (C=O) groups is 2. The van der Waals surface area contributed by atoms with Crippen LogP contribution in [-0.4, -0.2) is 23.5 Å². The first-order valence-electron chi connectivity index (χ1n) is 7.74. The summed E-state index contributed by atoms with van der Waals surface area (Å²) in [7, 11) is 1.28. The van der Waals surface area contributed by atoms with Gasteiger partial charge in [-0.05, 0) is 22.5 Å². The summed E-state index contributed by atoms with van der Waals surface area (Å²) in [4.78, 5) is 26.5. The van der Waals surface area contributed by atoms with Gasteiger partial charge in [0, 0.05) is 16.5 Å². The van der Waals surface area contributed by atoms with Gasteiger partial charge in [-0.3, -0.25) is 4.79 Å². The predicted molar refractivity (Wildman–Crippen MR) is 111 cm³/mol. The maximum absolute atomic E-state index is 12.7. The van der Waals surface area contributed by atoms with Gasteiger partial charge in [-0.15, -0.1) is 22.7 Å². The molecule has 0 unspecified atom stereocenters. The number of rotatable bonds is 4. The van der Waals surface area contributed by atoms with Gasteiger partial charge in [-0.25, -0.2) is 4.79 Å². The predicted octanol–water partition coefficient (Wildman–Crippen LogP) is 4.41. The van der Waals surface area contributed by atoms with E-state index in [0.29, 0.717) is 34.8 Å². The maximum atomic E-state index is 12.7. The van der Waals surface area contributed by atoms with Crippen LogP contribution < -0.4 is 10.2 Å². The number of ether oxygens (including phenoxy) is 1. The van der Waals surface area contributed by atoms with Crippen molar-refractivity contribution in [2.75, 3.05) is 12.4 Å². The number of nitrogens with one attached hydrogen (secondary N) is 1. The van der Waals surface area contributed by atoms with E-state index in [-0.39, 0.29) is 5.56 Å². The van der Waals surface area contributed by atoms with Crippen molar-refractivity contribution < 1.29 is 19.2 Å². The molecule has 142 valence electrons. The second-order valence-electron chi connectivity index (χ2n) is 5.54. The molecule has 0 saturated heterocycles. The average molecular weight is 452 g/mol. The number of hydrogen-bond acceptors (Lipinski definition) is 8. The van der Waals surface area contributed by atoms with E-state index in [2.05, 4.69) is 9.81 Å². The molecule has 0 bridgehead atoms. The lowest BCUT2D eigenvalue weighted by molar-refractivity contribution is -0.634. The topological polar surface area (TPSA) is 95.2 Å². The van der Waals surface area contributed by atoms with Crippen LogP contribution in [-0.2, 0) is 4.74 Å². The highest BCUT2D eigenvalue weighted by Crippen LogP contribution is 2.37. The van der Waals surface area contributed by atoms with Crippen molar-refractivity contribution in [2.24, 2.45) is 0 Å². The summed E-state index contributed by atoms with van der Waals surface area (Å²) in [6.07, 6.45) is 0. The summed E-state index contributed by atoms with van der Waals surface area (Å²) < 4.78 is 9.20. The van der Waals surface area contributed by atoms with E-state index in [1.807, 2.05) is 0 Å². The fourth-order valence-electron chi connectivity index (χ4n) is 2.55. The van der Waals surface area contributed by atoms with Crippen LogP contribution in [0.15, 0.2) is 35.7 Å². The first kappa shape index (κ1) is 18.8. The van der Waals surface area contributed by atoms with Gasteiger partial charge in [-0.1, -0.05) is 23.7 Å². The van der Waals surface area contributed by atoms with Crippen LogP contribution in [0, 0.1) is 5.21 Å². The Kier molecular flexibility index (Phi) is 5.02. The fraction of sp³-hybridized carbons (Fsp3) is 0.0588. The average Bonchev–Trinajstić information content (AvgIpc) is 3.38. The van der Waals surface area contributed by atoms with E-state index in [4.69, 9.17) is 16.3 Å². The Morgan fingerprint density at radius 2 is 2.04 bits per heavy atom. The van der Waals surface area contributed by atoms with Gasteiger partial charge in [0.25, 0.3) is 11.4 Å². The molecule has 1 amide bonds. The molecule has 0 spiro atoms. The molecule has 4 aromatic rings. The normalized spacial score (nSPS) is 10.9. The lowest BCUT2D eigenvalue weighted by Gasteiger charge is -2.07. The number of amides is 1. The second-order valence-corrected chi connectivity index (χ2v) is 8.92. The van der Waals surface area contributed by atoms with Crippen molar-refractivity contribution in [3.8, 4) is 10.4 Å². The molecule has 11 heteroatoms. The van der Waals surface area contributed by atoms with E-state index >= 15 is 0 Å². The largest absolute Gasteiger partial charge is 0.593 e. The molecule has 0 radical (unpaired) electrons. The van der Waals surface area contributed by atoms with Gasteiger partial charge in [0.05, 0.1) is 33.7 Å². The van der Waals surface area contributed by atoms with Gasteiger partial charge < -0.3 is 15.3 Å². The number of carbonyl (C=O) groups excluding carboxylic acids is 2. The SMILES string of the molecule is COC(=O)c1c(NC(=O)c2cc3c(sn[n+]3[O-])s2)csc1-c1ccc(Cl)cc1. The third-order valence-corrected chi connectivity index (χ3v) is 7.12. The molecule has 3 aromatic heterocycles. The Bertz CT molecular complexity index is 1200. The van der Waals surface area contributed by atoms with E-state index in [1.165, 1.54) is 35.8 Å². The van der Waals surface area contributed by atoms with Crippen LogP contribution >= 0.6 is 45.8 Å². The molecule has 0 saturated carbocycles. The Morgan fingerprint density at radius 1 is 1.29 bits per heavy atom. The van der Waals surface area contributed by atoms with E-state index < -0.39 is 11.9 Å². The summed E-state index contributed by atoms with van der Waals surface area (Å²) in [5, 5.41) is 16.6. The zero-order valence-corrected chi connectivity index (χ0v) is 17.3. The molecule has 1 aromatic carbocycles. The van der Waals surface area contributed by atoms with Crippen LogP contribution in [0.2, 0.25) is 5.02 Å². The molecule has 7 nitrogen and oxygen atoms in total. The zero-order chi connectivity index (χ0) is 19.8. The van der Waals surface area contributed by atoms with Crippen LogP contribution in [0.3, 0.4) is 0 Å². The molecule has 28 heavy (non-hydrogen) atoms. The molecule has 4 rings (SSSR count). The second kappa shape index (κ2) is 7.47. The number of anilines is 1. The Balaban J connectivity index is 1.69. The number of esters is 1. The van der Waals surface area contributed by atoms with E-state index in [1.54, 1.807) is 29.6 Å². The third-order valence-electron chi connectivity index (χ3n) is 3.84. The minimum atomic E-state index is -0.560. The highest BCUT2D eigenvalue weighted by molar-refractivity contribution is 7.36. The molecule has 0 aliphatic carbocycles. The first-order chi connectivity index (χ1) is 13.5. The third kappa shape index (κ3) is 3.35. The molecular weight excluding hydrogens is 442 g/mol. The summed E-state index contributed by atoms with van der Waals surface area (Å²) in [5.41, 5.74) is 1.74. The van der Waals surface area contributed by atoms with Gasteiger partial charge in [0.2, 0.25) is 0 Å². The number of aromatic nitrogens is 2. The summed E-state index contributed by atoms with van der Waals surface area (Å²) >= 11 is 9.44. The van der Waals surface area contributed by atoms with Gasteiger partial charge >= 0.3 is 5.97 Å². The minimum absolute atomic E-state index is 0.266. The van der Waals surface area contributed by atoms with Gasteiger partial charge in [0.15, 0.2) is 4.01 Å². The zero-order valence-electron chi connectivity index (χ0n) is 14.1. The molecule has 0 atom stereocenters. The quantitative estimate of drug-likeness (QED) is 0.281. The number of nitrogens with zero attached hydrogens (tertiary/aromatic N) is 2. The van der Waals surface area contributed by atoms with Gasteiger partial charge in [-0.2, -0.15) is 0 Å². The lowest BCUT2D eigenvalue weighted by atomic mass is 10.1. The summed E-state index contributed by atoms with van der Waals surface area (Å²) in [6, 6.07) is 8.51. The van der Waals surface area contributed by atoms with Crippen molar-refractivity contribution >= 4 is 72.9 Å². The van der Waals surface area contributed by atoms with E-state index in [0.717, 1.165) is 17.1 Å². The number of methoxy groups -OCH3 is 1. The number of halogens is 1. The number of thiophene rings is 2. The number of benzene rings is 1. The van der Waals surface area contributed by atoms with Crippen LogP contribution in [0.1, 0.15) is 20.0 Å². The van der Waals surface area contributed by atoms with Crippen molar-refractivity contribution in [1.82, 2.24) is 4.49 Å². The summed E-state index contributed by atoms with van der Waals surface area (Å²) in [5.74, 6) is -0.978. The number of hydrogen-bond donors (Lipinski definition) is 1. The highest BCUT2D eigenvalue weighted by atomic mass is 35.5. The molecule has 1 N–H and O–H groups in total. The highest BCUT2D eigenvalue weighted by Gasteiger charge is 2.24. The molecular formula is C17H10ClN3O4S3. The van der Waals surface area contributed by atoms with Crippen LogP contribution in [0.25, 0.3) is 20.0 Å². The maximum Gasteiger partial charge on any atom is 0.341 e.